The minimum absolute atomic E-state index is 0.0392. The Morgan fingerprint density at radius 2 is 1.92 bits per heavy atom. The van der Waals surface area contributed by atoms with Crippen molar-refractivity contribution in [3.05, 3.63) is 52.8 Å². The number of ether oxygens (including phenoxy) is 2. The van der Waals surface area contributed by atoms with Crippen molar-refractivity contribution in [2.75, 3.05) is 13.8 Å². The van der Waals surface area contributed by atoms with Gasteiger partial charge >= 0.3 is 6.18 Å². The Labute approximate surface area is 142 Å². The van der Waals surface area contributed by atoms with Gasteiger partial charge in [0.15, 0.2) is 11.5 Å². The number of amides is 1. The van der Waals surface area contributed by atoms with Crippen LogP contribution in [0, 0.1) is 6.92 Å². The third kappa shape index (κ3) is 3.52. The minimum atomic E-state index is -4.54. The number of alkyl halides is 3. The molecule has 1 aromatic carbocycles. The van der Waals surface area contributed by atoms with Gasteiger partial charge in [0.1, 0.15) is 5.69 Å². The Morgan fingerprint density at radius 3 is 2.60 bits per heavy atom. The number of halogens is 3. The molecule has 25 heavy (non-hydrogen) atoms. The molecule has 2 heterocycles. The second-order valence-electron chi connectivity index (χ2n) is 5.68. The van der Waals surface area contributed by atoms with Gasteiger partial charge in [0.25, 0.3) is 5.91 Å². The molecule has 0 unspecified atom stereocenters. The van der Waals surface area contributed by atoms with Crippen LogP contribution in [0.2, 0.25) is 0 Å². The zero-order chi connectivity index (χ0) is 18.2. The van der Waals surface area contributed by atoms with Crippen molar-refractivity contribution in [1.29, 1.82) is 0 Å². The Kier molecular flexibility index (Phi) is 4.28. The number of carbonyl (C=O) groups is 1. The Hall–Kier alpha value is -2.77. The van der Waals surface area contributed by atoms with Crippen LogP contribution in [0.15, 0.2) is 30.3 Å². The van der Waals surface area contributed by atoms with Crippen LogP contribution < -0.4 is 9.47 Å². The summed E-state index contributed by atoms with van der Waals surface area (Å²) in [6.07, 6.45) is -4.54. The summed E-state index contributed by atoms with van der Waals surface area (Å²) in [5.74, 6) is 0.836. The highest BCUT2D eigenvalue weighted by molar-refractivity contribution is 5.95. The number of rotatable bonds is 3. The summed E-state index contributed by atoms with van der Waals surface area (Å²) in [5, 5.41) is 0. The van der Waals surface area contributed by atoms with Gasteiger partial charge in [-0.15, -0.1) is 0 Å². The first kappa shape index (κ1) is 17.1. The molecule has 0 fully saturated rings. The van der Waals surface area contributed by atoms with Crippen LogP contribution in [0.5, 0.6) is 11.5 Å². The van der Waals surface area contributed by atoms with Gasteiger partial charge in [-0.2, -0.15) is 13.2 Å². The van der Waals surface area contributed by atoms with E-state index < -0.39 is 17.8 Å². The molecular weight excluding hydrogens is 337 g/mol. The number of aromatic nitrogens is 1. The predicted octanol–water partition coefficient (Wildman–Crippen LogP) is 3.41. The molecule has 1 aromatic heterocycles. The molecular formula is C17H15F3N2O3. The molecule has 5 nitrogen and oxygen atoms in total. The standard InChI is InChI=1S/C17H15F3N2O3/c1-10-12(4-6-15(21-10)17(18,19)20)16(23)22(2)8-11-3-5-13-14(7-11)25-9-24-13/h3-7H,8-9H2,1-2H3. The predicted molar refractivity (Wildman–Crippen MR) is 82.3 cm³/mol. The van der Waals surface area contributed by atoms with Gasteiger partial charge in [0.05, 0.1) is 11.3 Å². The molecule has 0 aliphatic carbocycles. The third-order valence-corrected chi connectivity index (χ3v) is 3.81. The van der Waals surface area contributed by atoms with Crippen LogP contribution in [0.25, 0.3) is 0 Å². The smallest absolute Gasteiger partial charge is 0.433 e. The lowest BCUT2D eigenvalue weighted by atomic mass is 10.1. The Bertz CT molecular complexity index is 821. The highest BCUT2D eigenvalue weighted by Crippen LogP contribution is 2.33. The first-order valence-corrected chi connectivity index (χ1v) is 7.44. The number of benzene rings is 1. The maximum atomic E-state index is 12.7. The fourth-order valence-corrected chi connectivity index (χ4v) is 2.54. The highest BCUT2D eigenvalue weighted by Gasteiger charge is 2.33. The molecule has 1 aliphatic rings. The molecule has 0 atom stereocenters. The van der Waals surface area contributed by atoms with Crippen molar-refractivity contribution in [1.82, 2.24) is 9.88 Å². The minimum Gasteiger partial charge on any atom is -0.454 e. The summed E-state index contributed by atoms with van der Waals surface area (Å²) in [6.45, 7) is 1.82. The Morgan fingerprint density at radius 1 is 1.20 bits per heavy atom. The lowest BCUT2D eigenvalue weighted by Gasteiger charge is -2.19. The Balaban J connectivity index is 1.76. The summed E-state index contributed by atoms with van der Waals surface area (Å²) < 4.78 is 48.5. The summed E-state index contributed by atoms with van der Waals surface area (Å²) in [4.78, 5) is 17.4. The monoisotopic (exact) mass is 352 g/mol. The number of pyridine rings is 1. The van der Waals surface area contributed by atoms with E-state index in [1.54, 1.807) is 25.2 Å². The normalized spacial score (nSPS) is 13.0. The molecule has 132 valence electrons. The van der Waals surface area contributed by atoms with Gasteiger partial charge in [-0.3, -0.25) is 4.79 Å². The number of nitrogens with zero attached hydrogens (tertiary/aromatic N) is 2. The van der Waals surface area contributed by atoms with Crippen molar-refractivity contribution in [3.63, 3.8) is 0 Å². The van der Waals surface area contributed by atoms with Crippen LogP contribution in [0.1, 0.15) is 27.3 Å². The molecule has 2 aromatic rings. The molecule has 0 N–H and O–H groups in total. The molecule has 0 saturated carbocycles. The van der Waals surface area contributed by atoms with E-state index in [4.69, 9.17) is 9.47 Å². The first-order valence-electron chi connectivity index (χ1n) is 7.44. The van der Waals surface area contributed by atoms with E-state index in [1.807, 2.05) is 0 Å². The van der Waals surface area contributed by atoms with E-state index in [9.17, 15) is 18.0 Å². The lowest BCUT2D eigenvalue weighted by Crippen LogP contribution is -2.27. The molecule has 0 radical (unpaired) electrons. The zero-order valence-electron chi connectivity index (χ0n) is 13.6. The molecule has 0 spiro atoms. The summed E-state index contributed by atoms with van der Waals surface area (Å²) in [7, 11) is 1.57. The molecule has 0 bridgehead atoms. The van der Waals surface area contributed by atoms with E-state index >= 15 is 0 Å². The molecule has 8 heteroatoms. The number of hydrogen-bond acceptors (Lipinski definition) is 4. The molecule has 1 aliphatic heterocycles. The van der Waals surface area contributed by atoms with Crippen LogP contribution >= 0.6 is 0 Å². The van der Waals surface area contributed by atoms with Gasteiger partial charge in [0, 0.05) is 13.6 Å². The van der Waals surface area contributed by atoms with E-state index in [1.165, 1.54) is 11.8 Å². The molecule has 0 saturated heterocycles. The van der Waals surface area contributed by atoms with Gasteiger partial charge < -0.3 is 14.4 Å². The number of fused-ring (bicyclic) bond motifs is 1. The average Bonchev–Trinajstić information content (AvgIpc) is 3.01. The topological polar surface area (TPSA) is 51.7 Å². The van der Waals surface area contributed by atoms with Gasteiger partial charge in [-0.25, -0.2) is 4.98 Å². The lowest BCUT2D eigenvalue weighted by molar-refractivity contribution is -0.141. The maximum absolute atomic E-state index is 12.7. The fourth-order valence-electron chi connectivity index (χ4n) is 2.54. The van der Waals surface area contributed by atoms with E-state index in [0.717, 1.165) is 17.7 Å². The highest BCUT2D eigenvalue weighted by atomic mass is 19.4. The first-order chi connectivity index (χ1) is 11.8. The maximum Gasteiger partial charge on any atom is 0.433 e. The van der Waals surface area contributed by atoms with Crippen LogP contribution in [0.4, 0.5) is 13.2 Å². The van der Waals surface area contributed by atoms with Gasteiger partial charge in [0.2, 0.25) is 6.79 Å². The quantitative estimate of drug-likeness (QED) is 0.850. The molecule has 1 amide bonds. The van der Waals surface area contributed by atoms with Crippen molar-refractivity contribution in [3.8, 4) is 11.5 Å². The van der Waals surface area contributed by atoms with Gasteiger partial charge in [-0.1, -0.05) is 6.07 Å². The summed E-state index contributed by atoms with van der Waals surface area (Å²) in [6, 6.07) is 7.29. The fraction of sp³-hybridized carbons (Fsp3) is 0.294. The van der Waals surface area contributed by atoms with Gasteiger partial charge in [-0.05, 0) is 36.8 Å². The largest absolute Gasteiger partial charge is 0.454 e. The average molecular weight is 352 g/mol. The second-order valence-corrected chi connectivity index (χ2v) is 5.68. The van der Waals surface area contributed by atoms with E-state index in [-0.39, 0.29) is 24.6 Å². The SMILES string of the molecule is Cc1nc(C(F)(F)F)ccc1C(=O)N(C)Cc1ccc2c(c1)OCO2. The van der Waals surface area contributed by atoms with Crippen molar-refractivity contribution >= 4 is 5.91 Å². The van der Waals surface area contributed by atoms with Crippen LogP contribution in [0.3, 0.4) is 0 Å². The third-order valence-electron chi connectivity index (χ3n) is 3.81. The zero-order valence-corrected chi connectivity index (χ0v) is 13.6. The summed E-state index contributed by atoms with van der Waals surface area (Å²) in [5.41, 5.74) is -0.0220. The van der Waals surface area contributed by atoms with Crippen molar-refractivity contribution in [2.24, 2.45) is 0 Å². The second kappa shape index (κ2) is 6.27. The number of aryl methyl sites for hydroxylation is 1. The van der Waals surface area contributed by atoms with E-state index in [0.29, 0.717) is 11.5 Å². The molecule has 3 rings (SSSR count). The van der Waals surface area contributed by atoms with E-state index in [2.05, 4.69) is 4.98 Å². The van der Waals surface area contributed by atoms with Crippen LogP contribution in [-0.2, 0) is 12.7 Å². The van der Waals surface area contributed by atoms with Crippen LogP contribution in [-0.4, -0.2) is 29.6 Å². The van der Waals surface area contributed by atoms with Crippen molar-refractivity contribution in [2.45, 2.75) is 19.6 Å². The number of carbonyl (C=O) groups excluding carboxylic acids is 1. The van der Waals surface area contributed by atoms with Crippen molar-refractivity contribution < 1.29 is 27.4 Å². The summed E-state index contributed by atoms with van der Waals surface area (Å²) >= 11 is 0. The number of hydrogen-bond donors (Lipinski definition) is 0.